The van der Waals surface area contributed by atoms with E-state index >= 15 is 0 Å². The van der Waals surface area contributed by atoms with Gasteiger partial charge < -0.3 is 37.6 Å². The van der Waals surface area contributed by atoms with Gasteiger partial charge >= 0.3 is 5.97 Å². The predicted molar refractivity (Wildman–Crippen MR) is 126 cm³/mol. The van der Waals surface area contributed by atoms with E-state index in [9.17, 15) is 34.2 Å². The average molecular weight is 494 g/mol. The first-order chi connectivity index (χ1) is 16.4. The molecule has 0 bridgehead atoms. The van der Waals surface area contributed by atoms with Gasteiger partial charge in [-0.05, 0) is 18.4 Å². The van der Waals surface area contributed by atoms with E-state index < -0.39 is 72.2 Å². The Morgan fingerprint density at radius 1 is 0.914 bits per heavy atom. The van der Waals surface area contributed by atoms with E-state index in [0.717, 1.165) is 0 Å². The van der Waals surface area contributed by atoms with Gasteiger partial charge in [0.25, 0.3) is 0 Å². The van der Waals surface area contributed by atoms with E-state index in [4.69, 9.17) is 11.5 Å². The number of benzene rings is 1. The third kappa shape index (κ3) is 9.71. The molecular weight excluding hydrogens is 458 g/mol. The largest absolute Gasteiger partial charge is 0.480 e. The van der Waals surface area contributed by atoms with E-state index in [-0.39, 0.29) is 6.42 Å². The summed E-state index contributed by atoms with van der Waals surface area (Å²) in [7, 11) is 0. The van der Waals surface area contributed by atoms with Crippen molar-refractivity contribution in [2.45, 2.75) is 70.3 Å². The number of rotatable bonds is 14. The topological polar surface area (TPSA) is 214 Å². The molecule has 6 unspecified atom stereocenters. The van der Waals surface area contributed by atoms with Crippen LogP contribution in [0.4, 0.5) is 0 Å². The molecule has 194 valence electrons. The molecule has 1 aromatic rings. The maximum Gasteiger partial charge on any atom is 0.326 e. The number of carboxylic acid groups (broad SMARTS) is 1. The van der Waals surface area contributed by atoms with Crippen LogP contribution in [-0.4, -0.2) is 70.1 Å². The number of aliphatic hydroxyl groups excluding tert-OH is 1. The molecule has 0 aliphatic heterocycles. The Balaban J connectivity index is 3.04. The van der Waals surface area contributed by atoms with Crippen molar-refractivity contribution in [3.8, 4) is 0 Å². The highest BCUT2D eigenvalue weighted by molar-refractivity contribution is 5.96. The fourth-order valence-electron chi connectivity index (χ4n) is 3.16. The van der Waals surface area contributed by atoms with Crippen LogP contribution >= 0.6 is 0 Å². The van der Waals surface area contributed by atoms with Crippen LogP contribution < -0.4 is 27.4 Å². The summed E-state index contributed by atoms with van der Waals surface area (Å²) < 4.78 is 0. The van der Waals surface area contributed by atoms with Gasteiger partial charge in [-0.3, -0.25) is 19.2 Å². The molecule has 0 heterocycles. The lowest BCUT2D eigenvalue weighted by Crippen LogP contribution is -2.60. The third-order valence-corrected chi connectivity index (χ3v) is 5.55. The average Bonchev–Trinajstić information content (AvgIpc) is 2.80. The van der Waals surface area contributed by atoms with Crippen LogP contribution in [0.15, 0.2) is 30.3 Å². The number of aliphatic carboxylic acids is 1. The minimum absolute atomic E-state index is 0.0259. The molecule has 0 aromatic heterocycles. The normalized spacial score (nSPS) is 16.0. The summed E-state index contributed by atoms with van der Waals surface area (Å²) in [6.07, 6.45) is -1.32. The van der Waals surface area contributed by atoms with Crippen molar-refractivity contribution < 1.29 is 34.2 Å². The van der Waals surface area contributed by atoms with Gasteiger partial charge in [0.1, 0.15) is 24.2 Å². The van der Waals surface area contributed by atoms with Crippen LogP contribution in [0.5, 0.6) is 0 Å². The van der Waals surface area contributed by atoms with E-state index in [0.29, 0.717) is 12.0 Å². The first-order valence-electron chi connectivity index (χ1n) is 11.3. The number of nitrogens with two attached hydrogens (primary N) is 2. The summed E-state index contributed by atoms with van der Waals surface area (Å²) in [6.45, 7) is 4.78. The number of primary amides is 1. The molecule has 12 heteroatoms. The number of hydrogen-bond donors (Lipinski definition) is 7. The van der Waals surface area contributed by atoms with E-state index in [2.05, 4.69) is 16.0 Å². The minimum atomic E-state index is -1.48. The first kappa shape index (κ1) is 29.5. The van der Waals surface area contributed by atoms with Crippen molar-refractivity contribution in [3.05, 3.63) is 35.9 Å². The molecule has 35 heavy (non-hydrogen) atoms. The van der Waals surface area contributed by atoms with Crippen molar-refractivity contribution in [1.82, 2.24) is 16.0 Å². The summed E-state index contributed by atoms with van der Waals surface area (Å²) >= 11 is 0. The summed E-state index contributed by atoms with van der Waals surface area (Å²) in [5, 5.41) is 26.3. The predicted octanol–water partition coefficient (Wildman–Crippen LogP) is -1.60. The maximum atomic E-state index is 13.0. The highest BCUT2D eigenvalue weighted by atomic mass is 16.4. The molecule has 9 N–H and O–H groups in total. The number of amides is 4. The molecule has 1 rings (SSSR count). The van der Waals surface area contributed by atoms with Gasteiger partial charge in [-0.15, -0.1) is 0 Å². The van der Waals surface area contributed by atoms with Gasteiger partial charge in [-0.2, -0.15) is 0 Å². The maximum absolute atomic E-state index is 13.0. The highest BCUT2D eigenvalue weighted by Crippen LogP contribution is 2.10. The molecule has 0 spiro atoms. The lowest BCUT2D eigenvalue weighted by molar-refractivity contribution is -0.142. The van der Waals surface area contributed by atoms with Crippen LogP contribution in [-0.2, 0) is 30.4 Å². The Kier molecular flexibility index (Phi) is 11.8. The van der Waals surface area contributed by atoms with Crippen molar-refractivity contribution in [1.29, 1.82) is 0 Å². The standard InChI is InChI=1S/C23H35N5O7/c1-4-12(2)19(28-21(32)18(25)13(3)29)22(33)26-15(11-17(24)30)20(31)27-16(23(34)35)10-14-8-6-5-7-9-14/h5-9,12-13,15-16,18-19,29H,4,10-11,25H2,1-3H3,(H2,24,30)(H,26,33)(H,27,31)(H,28,32)(H,34,35). The molecule has 4 amide bonds. The number of carboxylic acids is 1. The highest BCUT2D eigenvalue weighted by Gasteiger charge is 2.33. The second-order valence-electron chi connectivity index (χ2n) is 8.46. The lowest BCUT2D eigenvalue weighted by atomic mass is 9.97. The molecule has 12 nitrogen and oxygen atoms in total. The van der Waals surface area contributed by atoms with E-state index in [1.54, 1.807) is 44.2 Å². The number of carbonyl (C=O) groups excluding carboxylic acids is 4. The quantitative estimate of drug-likeness (QED) is 0.160. The molecular formula is C23H35N5O7. The molecule has 0 radical (unpaired) electrons. The number of aliphatic hydroxyl groups is 1. The van der Waals surface area contributed by atoms with Gasteiger partial charge in [0.05, 0.1) is 12.5 Å². The second kappa shape index (κ2) is 14.0. The monoisotopic (exact) mass is 493 g/mol. The summed E-state index contributed by atoms with van der Waals surface area (Å²) in [6, 6.07) is 3.37. The van der Waals surface area contributed by atoms with Crippen LogP contribution in [0.25, 0.3) is 0 Å². The molecule has 0 aliphatic carbocycles. The summed E-state index contributed by atoms with van der Waals surface area (Å²) in [5.41, 5.74) is 11.5. The second-order valence-corrected chi connectivity index (χ2v) is 8.46. The fraction of sp³-hybridized carbons (Fsp3) is 0.522. The van der Waals surface area contributed by atoms with Crippen molar-refractivity contribution in [3.63, 3.8) is 0 Å². The molecule has 1 aromatic carbocycles. The number of nitrogens with one attached hydrogen (secondary N) is 3. The van der Waals surface area contributed by atoms with Gasteiger partial charge in [0.2, 0.25) is 23.6 Å². The van der Waals surface area contributed by atoms with Crippen molar-refractivity contribution >= 4 is 29.6 Å². The molecule has 6 atom stereocenters. The molecule has 0 saturated carbocycles. The van der Waals surface area contributed by atoms with Crippen LogP contribution in [0, 0.1) is 5.92 Å². The summed E-state index contributed by atoms with van der Waals surface area (Å²) in [5.74, 6) is -5.09. The van der Waals surface area contributed by atoms with Gasteiger partial charge in [-0.25, -0.2) is 4.79 Å². The molecule has 0 aliphatic rings. The van der Waals surface area contributed by atoms with Crippen LogP contribution in [0.3, 0.4) is 0 Å². The van der Waals surface area contributed by atoms with Crippen molar-refractivity contribution in [2.75, 3.05) is 0 Å². The zero-order valence-corrected chi connectivity index (χ0v) is 20.1. The first-order valence-corrected chi connectivity index (χ1v) is 11.3. The Morgan fingerprint density at radius 3 is 1.97 bits per heavy atom. The zero-order valence-electron chi connectivity index (χ0n) is 20.1. The van der Waals surface area contributed by atoms with Crippen molar-refractivity contribution in [2.24, 2.45) is 17.4 Å². The fourth-order valence-corrected chi connectivity index (χ4v) is 3.16. The molecule has 0 saturated heterocycles. The van der Waals surface area contributed by atoms with Gasteiger partial charge in [0, 0.05) is 6.42 Å². The number of hydrogen-bond acceptors (Lipinski definition) is 7. The summed E-state index contributed by atoms with van der Waals surface area (Å²) in [4.78, 5) is 61.5. The molecule has 0 fully saturated rings. The lowest BCUT2D eigenvalue weighted by Gasteiger charge is -2.28. The third-order valence-electron chi connectivity index (χ3n) is 5.55. The van der Waals surface area contributed by atoms with E-state index in [1.807, 2.05) is 0 Å². The zero-order chi connectivity index (χ0) is 26.7. The van der Waals surface area contributed by atoms with Gasteiger partial charge in [0.15, 0.2) is 0 Å². The number of carbonyl (C=O) groups is 5. The van der Waals surface area contributed by atoms with Crippen LogP contribution in [0.2, 0.25) is 0 Å². The smallest absolute Gasteiger partial charge is 0.326 e. The van der Waals surface area contributed by atoms with Gasteiger partial charge in [-0.1, -0.05) is 50.6 Å². The van der Waals surface area contributed by atoms with E-state index in [1.165, 1.54) is 6.92 Å². The van der Waals surface area contributed by atoms with Crippen LogP contribution in [0.1, 0.15) is 39.2 Å². The Bertz CT molecular complexity index is 894. The minimum Gasteiger partial charge on any atom is -0.480 e. The Labute approximate surface area is 203 Å². The Morgan fingerprint density at radius 2 is 1.49 bits per heavy atom. The SMILES string of the molecule is CCC(C)C(NC(=O)C(N)C(C)O)C(=O)NC(CC(N)=O)C(=O)NC(Cc1ccccc1)C(=O)O. The Hall–Kier alpha value is -3.51.